The standard InChI is InChI=1S/C10H12ClN3/c1-3-4-5-6-12-10-8(2)9(11)13-7-14-10/h1,7H,4-6H2,2H3,(H,12,13,14). The van der Waals surface area contributed by atoms with Crippen LogP contribution < -0.4 is 5.32 Å². The Kier molecular flexibility index (Phi) is 4.21. The Morgan fingerprint density at radius 2 is 2.36 bits per heavy atom. The minimum absolute atomic E-state index is 0.486. The highest BCUT2D eigenvalue weighted by molar-refractivity contribution is 6.30. The van der Waals surface area contributed by atoms with E-state index in [1.165, 1.54) is 6.33 Å². The third-order valence-electron chi connectivity index (χ3n) is 1.81. The minimum atomic E-state index is 0.486. The van der Waals surface area contributed by atoms with Crippen molar-refractivity contribution in [1.29, 1.82) is 0 Å². The van der Waals surface area contributed by atoms with Crippen LogP contribution in [0.2, 0.25) is 5.15 Å². The van der Waals surface area contributed by atoms with Crippen molar-refractivity contribution in [3.63, 3.8) is 0 Å². The zero-order valence-corrected chi connectivity index (χ0v) is 8.80. The number of anilines is 1. The van der Waals surface area contributed by atoms with Crippen LogP contribution in [0.15, 0.2) is 6.33 Å². The van der Waals surface area contributed by atoms with Gasteiger partial charge in [-0.25, -0.2) is 9.97 Å². The summed E-state index contributed by atoms with van der Waals surface area (Å²) in [7, 11) is 0. The van der Waals surface area contributed by atoms with Crippen molar-refractivity contribution in [3.8, 4) is 12.3 Å². The monoisotopic (exact) mass is 209 g/mol. The Hall–Kier alpha value is -1.27. The molecule has 3 nitrogen and oxygen atoms in total. The molecule has 1 rings (SSSR count). The molecule has 0 aliphatic rings. The van der Waals surface area contributed by atoms with Gasteiger partial charge in [0.2, 0.25) is 0 Å². The van der Waals surface area contributed by atoms with Crippen molar-refractivity contribution in [2.75, 3.05) is 11.9 Å². The van der Waals surface area contributed by atoms with Crippen LogP contribution in [0, 0.1) is 19.3 Å². The van der Waals surface area contributed by atoms with Gasteiger partial charge in [0.1, 0.15) is 17.3 Å². The third-order valence-corrected chi connectivity index (χ3v) is 2.19. The van der Waals surface area contributed by atoms with Crippen LogP contribution in [0.5, 0.6) is 0 Å². The summed E-state index contributed by atoms with van der Waals surface area (Å²) in [5.74, 6) is 3.36. The molecule has 14 heavy (non-hydrogen) atoms. The Labute approximate surface area is 88.9 Å². The summed E-state index contributed by atoms with van der Waals surface area (Å²) in [5, 5.41) is 3.64. The average molecular weight is 210 g/mol. The predicted octanol–water partition coefficient (Wildman–Crippen LogP) is 2.26. The van der Waals surface area contributed by atoms with Gasteiger partial charge in [0.15, 0.2) is 0 Å². The molecule has 0 bridgehead atoms. The van der Waals surface area contributed by atoms with Gasteiger partial charge in [-0.3, -0.25) is 0 Å². The molecule has 0 aliphatic heterocycles. The molecule has 0 amide bonds. The molecule has 1 N–H and O–H groups in total. The first-order valence-electron chi connectivity index (χ1n) is 4.40. The first kappa shape index (κ1) is 10.8. The maximum absolute atomic E-state index is 5.83. The van der Waals surface area contributed by atoms with Crippen molar-refractivity contribution in [1.82, 2.24) is 9.97 Å². The van der Waals surface area contributed by atoms with Crippen molar-refractivity contribution in [2.24, 2.45) is 0 Å². The molecule has 0 unspecified atom stereocenters. The molecule has 0 saturated heterocycles. The third kappa shape index (κ3) is 2.90. The summed E-state index contributed by atoms with van der Waals surface area (Å²) >= 11 is 5.83. The van der Waals surface area contributed by atoms with Crippen LogP contribution >= 0.6 is 11.6 Å². The predicted molar refractivity (Wildman–Crippen MR) is 58.3 cm³/mol. The lowest BCUT2D eigenvalue weighted by atomic mass is 10.3. The van der Waals surface area contributed by atoms with E-state index in [9.17, 15) is 0 Å². The van der Waals surface area contributed by atoms with Crippen LogP contribution in [0.1, 0.15) is 18.4 Å². The second-order valence-electron chi connectivity index (χ2n) is 2.87. The van der Waals surface area contributed by atoms with E-state index in [0.717, 1.165) is 30.8 Å². The van der Waals surface area contributed by atoms with Gasteiger partial charge in [0.05, 0.1) is 0 Å². The molecule has 0 radical (unpaired) electrons. The number of nitrogens with zero attached hydrogens (tertiary/aromatic N) is 2. The lowest BCUT2D eigenvalue weighted by molar-refractivity contribution is 0.897. The van der Waals surface area contributed by atoms with E-state index >= 15 is 0 Å². The van der Waals surface area contributed by atoms with Gasteiger partial charge < -0.3 is 5.32 Å². The van der Waals surface area contributed by atoms with E-state index in [4.69, 9.17) is 18.0 Å². The number of hydrogen-bond donors (Lipinski definition) is 1. The summed E-state index contributed by atoms with van der Waals surface area (Å²) in [6.07, 6.45) is 8.28. The van der Waals surface area contributed by atoms with Crippen molar-refractivity contribution < 1.29 is 0 Å². The molecule has 1 aromatic heterocycles. The normalized spacial score (nSPS) is 9.50. The van der Waals surface area contributed by atoms with Gasteiger partial charge in [-0.05, 0) is 13.3 Å². The Bertz CT molecular complexity index is 344. The van der Waals surface area contributed by atoms with Gasteiger partial charge in [-0.1, -0.05) is 11.6 Å². The maximum Gasteiger partial charge on any atom is 0.137 e. The van der Waals surface area contributed by atoms with Crippen LogP contribution in [0.25, 0.3) is 0 Å². The largest absolute Gasteiger partial charge is 0.370 e. The molecular formula is C10H12ClN3. The fraction of sp³-hybridized carbons (Fsp3) is 0.400. The molecule has 4 heteroatoms. The summed E-state index contributed by atoms with van der Waals surface area (Å²) in [6, 6.07) is 0. The van der Waals surface area contributed by atoms with Gasteiger partial charge >= 0.3 is 0 Å². The number of rotatable bonds is 4. The van der Waals surface area contributed by atoms with Gasteiger partial charge in [-0.2, -0.15) is 0 Å². The number of terminal acetylenes is 1. The first-order valence-corrected chi connectivity index (χ1v) is 4.78. The zero-order valence-electron chi connectivity index (χ0n) is 8.05. The Balaban J connectivity index is 2.51. The molecule has 0 fully saturated rings. The highest BCUT2D eigenvalue weighted by Crippen LogP contribution is 2.17. The Morgan fingerprint density at radius 3 is 3.07 bits per heavy atom. The summed E-state index contributed by atoms with van der Waals surface area (Å²) < 4.78 is 0. The summed E-state index contributed by atoms with van der Waals surface area (Å²) in [4.78, 5) is 7.94. The second kappa shape index (κ2) is 5.46. The topological polar surface area (TPSA) is 37.8 Å². The van der Waals surface area contributed by atoms with Gasteiger partial charge in [0, 0.05) is 18.5 Å². The smallest absolute Gasteiger partial charge is 0.137 e. The quantitative estimate of drug-likeness (QED) is 0.470. The molecule has 74 valence electrons. The second-order valence-corrected chi connectivity index (χ2v) is 3.23. The maximum atomic E-state index is 5.83. The zero-order chi connectivity index (χ0) is 10.4. The number of unbranched alkanes of at least 4 members (excludes halogenated alkanes) is 1. The van der Waals surface area contributed by atoms with Gasteiger partial charge in [-0.15, -0.1) is 12.3 Å². The number of halogens is 1. The number of nitrogens with one attached hydrogen (secondary N) is 1. The van der Waals surface area contributed by atoms with E-state index in [2.05, 4.69) is 21.2 Å². The molecule has 1 aromatic rings. The number of aromatic nitrogens is 2. The molecular weight excluding hydrogens is 198 g/mol. The fourth-order valence-electron chi connectivity index (χ4n) is 1.00. The highest BCUT2D eigenvalue weighted by Gasteiger charge is 2.02. The van der Waals surface area contributed by atoms with E-state index in [1.807, 2.05) is 6.92 Å². The highest BCUT2D eigenvalue weighted by atomic mass is 35.5. The van der Waals surface area contributed by atoms with Crippen molar-refractivity contribution in [3.05, 3.63) is 17.0 Å². The van der Waals surface area contributed by atoms with Crippen molar-refractivity contribution in [2.45, 2.75) is 19.8 Å². The van der Waals surface area contributed by atoms with Crippen LogP contribution in [0.3, 0.4) is 0 Å². The fourth-order valence-corrected chi connectivity index (χ4v) is 1.14. The molecule has 0 atom stereocenters. The van der Waals surface area contributed by atoms with Crippen LogP contribution in [-0.2, 0) is 0 Å². The van der Waals surface area contributed by atoms with E-state index < -0.39 is 0 Å². The van der Waals surface area contributed by atoms with Crippen LogP contribution in [0.4, 0.5) is 5.82 Å². The molecule has 0 saturated carbocycles. The molecule has 0 aromatic carbocycles. The number of hydrogen-bond acceptors (Lipinski definition) is 3. The SMILES string of the molecule is C#CCCCNc1ncnc(Cl)c1C. The van der Waals surface area contributed by atoms with E-state index in [0.29, 0.717) is 5.15 Å². The molecule has 0 aliphatic carbocycles. The first-order chi connectivity index (χ1) is 6.75. The average Bonchev–Trinajstić information content (AvgIpc) is 2.19. The van der Waals surface area contributed by atoms with Gasteiger partial charge in [0.25, 0.3) is 0 Å². The van der Waals surface area contributed by atoms with Crippen LogP contribution in [-0.4, -0.2) is 16.5 Å². The lowest BCUT2D eigenvalue weighted by Gasteiger charge is -2.07. The molecule has 0 spiro atoms. The summed E-state index contributed by atoms with van der Waals surface area (Å²) in [5.41, 5.74) is 0.870. The molecule has 1 heterocycles. The van der Waals surface area contributed by atoms with E-state index in [-0.39, 0.29) is 0 Å². The Morgan fingerprint density at radius 1 is 1.57 bits per heavy atom. The van der Waals surface area contributed by atoms with E-state index in [1.54, 1.807) is 0 Å². The van der Waals surface area contributed by atoms with Crippen molar-refractivity contribution >= 4 is 17.4 Å². The summed E-state index contributed by atoms with van der Waals surface area (Å²) in [6.45, 7) is 2.68. The lowest BCUT2D eigenvalue weighted by Crippen LogP contribution is -2.05. The minimum Gasteiger partial charge on any atom is -0.370 e.